The van der Waals surface area contributed by atoms with E-state index in [0.29, 0.717) is 22.9 Å². The fourth-order valence-corrected chi connectivity index (χ4v) is 5.23. The second-order valence-corrected chi connectivity index (χ2v) is 7.77. The fraction of sp³-hybridized carbons (Fsp3) is 0.500. The van der Waals surface area contributed by atoms with Crippen molar-refractivity contribution in [3.63, 3.8) is 0 Å². The molecule has 3 rings (SSSR count). The third-order valence-corrected chi connectivity index (χ3v) is 6.42. The molecule has 7 N–H and O–H groups in total. The van der Waals surface area contributed by atoms with E-state index >= 15 is 0 Å². The lowest BCUT2D eigenvalue weighted by molar-refractivity contribution is -0.148. The van der Waals surface area contributed by atoms with Gasteiger partial charge in [-0.3, -0.25) is 9.69 Å². The summed E-state index contributed by atoms with van der Waals surface area (Å²) in [5.74, 6) is -1.24. The Labute approximate surface area is 155 Å². The molecular weight excluding hydrogens is 384 g/mol. The molecule has 1 saturated heterocycles. The summed E-state index contributed by atoms with van der Waals surface area (Å²) in [5, 5.41) is 25.2. The monoisotopic (exact) mass is 400 g/mol. The van der Waals surface area contributed by atoms with E-state index in [1.54, 1.807) is 0 Å². The van der Waals surface area contributed by atoms with Crippen LogP contribution in [0.1, 0.15) is 6.42 Å². The Bertz CT molecular complexity index is 754. The van der Waals surface area contributed by atoms with Gasteiger partial charge in [-0.1, -0.05) is 11.8 Å². The maximum atomic E-state index is 12.1. The molecule has 2 aliphatic heterocycles. The first-order valence-electron chi connectivity index (χ1n) is 7.50. The highest BCUT2D eigenvalue weighted by Crippen LogP contribution is 2.43. The number of carbonyl (C=O) groups is 3. The zero-order valence-corrected chi connectivity index (χ0v) is 14.9. The number of nitrogens with two attached hydrogens (primary N) is 2. The predicted molar refractivity (Wildman–Crippen MR) is 91.8 cm³/mol. The largest absolute Gasteiger partial charge is 0.477 e. The number of aromatic amines is 1. The van der Waals surface area contributed by atoms with E-state index in [2.05, 4.69) is 25.9 Å². The molecule has 14 heteroatoms. The van der Waals surface area contributed by atoms with E-state index < -0.39 is 29.2 Å². The number of hydrogen-bond donors (Lipinski definition) is 5. The molecule has 1 aromatic heterocycles. The van der Waals surface area contributed by atoms with Crippen LogP contribution in [0.15, 0.2) is 16.4 Å². The number of aliphatic carboxylic acids is 1. The van der Waals surface area contributed by atoms with Crippen LogP contribution in [0.2, 0.25) is 0 Å². The summed E-state index contributed by atoms with van der Waals surface area (Å²) in [4.78, 5) is 36.1. The van der Waals surface area contributed by atoms with Gasteiger partial charge < -0.3 is 21.9 Å². The van der Waals surface area contributed by atoms with Gasteiger partial charge in [0.15, 0.2) is 0 Å². The first-order chi connectivity index (χ1) is 12.4. The molecule has 0 radical (unpaired) electrons. The summed E-state index contributed by atoms with van der Waals surface area (Å²) >= 11 is 2.60. The van der Waals surface area contributed by atoms with E-state index in [1.165, 1.54) is 28.4 Å². The zero-order chi connectivity index (χ0) is 18.8. The molecule has 1 aromatic rings. The maximum absolute atomic E-state index is 12.1. The van der Waals surface area contributed by atoms with Crippen molar-refractivity contribution in [2.45, 2.75) is 28.2 Å². The molecule has 3 amide bonds. The molecule has 0 saturated carbocycles. The number of carboxylic acids is 1. The van der Waals surface area contributed by atoms with Crippen LogP contribution < -0.4 is 16.8 Å². The van der Waals surface area contributed by atoms with Crippen molar-refractivity contribution in [3.05, 3.63) is 11.3 Å². The Morgan fingerprint density at radius 3 is 2.92 bits per heavy atom. The van der Waals surface area contributed by atoms with Gasteiger partial charge in [0.2, 0.25) is 11.1 Å². The second kappa shape index (κ2) is 7.51. The molecule has 0 aliphatic carbocycles. The average molecular weight is 400 g/mol. The standard InChI is InChI=1S/C12H16N8O4S2/c13-6-8(21)20-7(10(22)23)4(3-25-9(6)20)5(1-2-15-11(14)24)26-12-16-18-19-17-12/h5-6,9H,1-3,13H2,(H,22,23)(H3,14,15,24)(H,16,17,18,19)/t5?,6?,9-/m1/s1. The third-order valence-electron chi connectivity index (χ3n) is 3.91. The van der Waals surface area contributed by atoms with Crippen molar-refractivity contribution in [1.82, 2.24) is 30.8 Å². The van der Waals surface area contributed by atoms with Crippen molar-refractivity contribution >= 4 is 41.4 Å². The van der Waals surface area contributed by atoms with E-state index in [9.17, 15) is 19.5 Å². The Morgan fingerprint density at radius 2 is 2.31 bits per heavy atom. The summed E-state index contributed by atoms with van der Waals surface area (Å²) in [6.45, 7) is 0.225. The van der Waals surface area contributed by atoms with E-state index in [-0.39, 0.29) is 17.6 Å². The van der Waals surface area contributed by atoms with Crippen LogP contribution in [0.4, 0.5) is 4.79 Å². The number of primary amides is 1. The number of tetrazole rings is 1. The van der Waals surface area contributed by atoms with Gasteiger partial charge in [-0.15, -0.1) is 22.0 Å². The number of β-lactam (4-membered cyclic amide) rings is 1. The number of nitrogens with zero attached hydrogens (tertiary/aromatic N) is 4. The van der Waals surface area contributed by atoms with Gasteiger partial charge in [-0.05, 0) is 17.2 Å². The second-order valence-electron chi connectivity index (χ2n) is 5.50. The quantitative estimate of drug-likeness (QED) is 0.260. The van der Waals surface area contributed by atoms with Gasteiger partial charge in [-0.25, -0.2) is 9.59 Å². The highest BCUT2D eigenvalue weighted by Gasteiger charge is 2.52. The predicted octanol–water partition coefficient (Wildman–Crippen LogP) is -1.70. The molecule has 1 fully saturated rings. The van der Waals surface area contributed by atoms with Gasteiger partial charge in [0.05, 0.1) is 0 Å². The maximum Gasteiger partial charge on any atom is 0.352 e. The number of carbonyl (C=O) groups excluding carboxylic acids is 2. The molecule has 0 spiro atoms. The van der Waals surface area contributed by atoms with Crippen molar-refractivity contribution < 1.29 is 19.5 Å². The molecule has 26 heavy (non-hydrogen) atoms. The van der Waals surface area contributed by atoms with E-state index in [1.807, 2.05) is 0 Å². The summed E-state index contributed by atoms with van der Waals surface area (Å²) in [5.41, 5.74) is 11.3. The van der Waals surface area contributed by atoms with Gasteiger partial charge in [0.25, 0.3) is 0 Å². The van der Waals surface area contributed by atoms with Crippen LogP contribution >= 0.6 is 23.5 Å². The number of hydrogen-bond acceptors (Lipinski definition) is 9. The molecule has 2 unspecified atom stereocenters. The number of H-pyrrole nitrogens is 1. The van der Waals surface area contributed by atoms with Crippen LogP contribution in [0.5, 0.6) is 0 Å². The minimum absolute atomic E-state index is 0.0690. The Kier molecular flexibility index (Phi) is 5.33. The number of fused-ring (bicyclic) bond motifs is 1. The summed E-state index contributed by atoms with van der Waals surface area (Å²) < 4.78 is 0. The van der Waals surface area contributed by atoms with Crippen molar-refractivity contribution in [2.24, 2.45) is 11.5 Å². The molecule has 0 aromatic carbocycles. The smallest absolute Gasteiger partial charge is 0.352 e. The van der Waals surface area contributed by atoms with Gasteiger partial charge in [-0.2, -0.15) is 5.21 Å². The fourth-order valence-electron chi connectivity index (χ4n) is 2.75. The SMILES string of the molecule is NC(=O)NCCC(Sc1nn[nH]n1)C1=C(C(=O)O)N2C(=O)C(N)[C@H]2SC1. The first kappa shape index (κ1) is 18.5. The Morgan fingerprint density at radius 1 is 1.54 bits per heavy atom. The highest BCUT2D eigenvalue weighted by atomic mass is 32.2. The van der Waals surface area contributed by atoms with Crippen molar-refractivity contribution in [2.75, 3.05) is 12.3 Å². The third kappa shape index (κ3) is 3.47. The normalized spacial score (nSPS) is 23.3. The van der Waals surface area contributed by atoms with Crippen LogP contribution in [-0.2, 0) is 9.59 Å². The number of aromatic nitrogens is 4. The summed E-state index contributed by atoms with van der Waals surface area (Å²) in [6.07, 6.45) is 0.369. The lowest BCUT2D eigenvalue weighted by Gasteiger charge is -2.48. The van der Waals surface area contributed by atoms with E-state index in [0.717, 1.165) is 0 Å². The Balaban J connectivity index is 1.90. The number of thioether (sulfide) groups is 2. The minimum atomic E-state index is -1.20. The Hall–Kier alpha value is -2.32. The minimum Gasteiger partial charge on any atom is -0.477 e. The molecular formula is C12H16N8O4S2. The summed E-state index contributed by atoms with van der Waals surface area (Å²) in [7, 11) is 0. The number of amides is 3. The van der Waals surface area contributed by atoms with Gasteiger partial charge in [0, 0.05) is 17.5 Å². The van der Waals surface area contributed by atoms with Crippen molar-refractivity contribution in [1.29, 1.82) is 0 Å². The van der Waals surface area contributed by atoms with Gasteiger partial charge >= 0.3 is 12.0 Å². The number of carboxylic acid groups (broad SMARTS) is 1. The number of nitrogens with one attached hydrogen (secondary N) is 2. The molecule has 2 aliphatic rings. The molecule has 12 nitrogen and oxygen atoms in total. The number of rotatable bonds is 7. The molecule has 3 heterocycles. The van der Waals surface area contributed by atoms with Crippen LogP contribution in [0, 0.1) is 0 Å². The summed E-state index contributed by atoms with van der Waals surface area (Å²) in [6, 6.07) is -1.38. The average Bonchev–Trinajstić information content (AvgIpc) is 3.11. The van der Waals surface area contributed by atoms with E-state index in [4.69, 9.17) is 11.5 Å². The van der Waals surface area contributed by atoms with Gasteiger partial charge in [0.1, 0.15) is 17.1 Å². The lowest BCUT2D eigenvalue weighted by atomic mass is 10.0. The molecule has 0 bridgehead atoms. The van der Waals surface area contributed by atoms with Crippen LogP contribution in [0.25, 0.3) is 0 Å². The van der Waals surface area contributed by atoms with Crippen LogP contribution in [0.3, 0.4) is 0 Å². The first-order valence-corrected chi connectivity index (χ1v) is 9.43. The van der Waals surface area contributed by atoms with Crippen LogP contribution in [-0.4, -0.2) is 77.5 Å². The zero-order valence-electron chi connectivity index (χ0n) is 13.3. The van der Waals surface area contributed by atoms with Crippen molar-refractivity contribution in [3.8, 4) is 0 Å². The molecule has 3 atom stereocenters. The lowest BCUT2D eigenvalue weighted by Crippen LogP contribution is -2.68. The topological polar surface area (TPSA) is 193 Å². The highest BCUT2D eigenvalue weighted by molar-refractivity contribution is 8.01. The number of urea groups is 1. The molecule has 140 valence electrons.